The zero-order chi connectivity index (χ0) is 7.68. The van der Waals surface area contributed by atoms with E-state index in [1.807, 2.05) is 24.3 Å². The van der Waals surface area contributed by atoms with E-state index in [9.17, 15) is 0 Å². The lowest BCUT2D eigenvalue weighted by Gasteiger charge is -1.94. The minimum atomic E-state index is 0.905. The summed E-state index contributed by atoms with van der Waals surface area (Å²) in [5.41, 5.74) is 0.905. The number of benzene rings is 1. The van der Waals surface area contributed by atoms with Gasteiger partial charge in [0.05, 0.1) is 5.52 Å². The standard InChI is InChI=1S/C9H5BrN/c10-8-4-3-7-2-1-5-11-9(7)6-8/h1-5H. The summed E-state index contributed by atoms with van der Waals surface area (Å²) < 4.78 is 0.948. The minimum absolute atomic E-state index is 0.905. The van der Waals surface area contributed by atoms with Gasteiger partial charge in [0, 0.05) is 22.1 Å². The van der Waals surface area contributed by atoms with Gasteiger partial charge in [-0.25, -0.2) is 0 Å². The Kier molecular flexibility index (Phi) is 1.62. The van der Waals surface area contributed by atoms with E-state index in [0.717, 1.165) is 15.4 Å². The van der Waals surface area contributed by atoms with Gasteiger partial charge in [-0.3, -0.25) is 4.98 Å². The summed E-state index contributed by atoms with van der Waals surface area (Å²) in [4.78, 5) is 4.16. The molecule has 1 nitrogen and oxygen atoms in total. The minimum Gasteiger partial charge on any atom is -0.256 e. The lowest BCUT2D eigenvalue weighted by Crippen LogP contribution is -1.76. The highest BCUT2D eigenvalue weighted by Gasteiger charge is 1.92. The number of rotatable bonds is 0. The van der Waals surface area contributed by atoms with Crippen molar-refractivity contribution in [3.8, 4) is 0 Å². The molecule has 0 unspecified atom stereocenters. The summed E-state index contributed by atoms with van der Waals surface area (Å²) in [6, 6.07) is 11.0. The fourth-order valence-electron chi connectivity index (χ4n) is 0.974. The van der Waals surface area contributed by atoms with Gasteiger partial charge in [0.1, 0.15) is 0 Å². The molecule has 0 aliphatic heterocycles. The lowest BCUT2D eigenvalue weighted by atomic mass is 10.2. The summed E-state index contributed by atoms with van der Waals surface area (Å²) in [7, 11) is 0. The maximum absolute atomic E-state index is 4.16. The Morgan fingerprint density at radius 3 is 3.09 bits per heavy atom. The van der Waals surface area contributed by atoms with Gasteiger partial charge in [-0.1, -0.05) is 28.1 Å². The van der Waals surface area contributed by atoms with Gasteiger partial charge in [0.15, 0.2) is 0 Å². The SMILES string of the molecule is Brc1[c]c2ncccc2cc1. The monoisotopic (exact) mass is 206 g/mol. The Hall–Kier alpha value is -0.890. The normalized spacial score (nSPS) is 10.3. The van der Waals surface area contributed by atoms with Crippen LogP contribution in [0.5, 0.6) is 0 Å². The van der Waals surface area contributed by atoms with E-state index in [4.69, 9.17) is 0 Å². The van der Waals surface area contributed by atoms with Gasteiger partial charge in [-0.05, 0) is 12.1 Å². The smallest absolute Gasteiger partial charge is 0.0792 e. The van der Waals surface area contributed by atoms with Crippen LogP contribution in [0, 0.1) is 6.07 Å². The van der Waals surface area contributed by atoms with E-state index < -0.39 is 0 Å². The molecule has 1 aromatic heterocycles. The van der Waals surface area contributed by atoms with Gasteiger partial charge in [0.2, 0.25) is 0 Å². The third-order valence-electron chi connectivity index (χ3n) is 1.49. The molecule has 0 amide bonds. The van der Waals surface area contributed by atoms with Crippen LogP contribution >= 0.6 is 15.9 Å². The number of aromatic nitrogens is 1. The predicted molar refractivity (Wildman–Crippen MR) is 48.3 cm³/mol. The second-order valence-corrected chi connectivity index (χ2v) is 3.10. The average molecular weight is 207 g/mol. The number of fused-ring (bicyclic) bond motifs is 1. The molecule has 2 heteroatoms. The van der Waals surface area contributed by atoms with Crippen LogP contribution in [0.25, 0.3) is 10.9 Å². The first-order chi connectivity index (χ1) is 5.36. The maximum Gasteiger partial charge on any atom is 0.0792 e. The fourth-order valence-corrected chi connectivity index (χ4v) is 1.29. The lowest BCUT2D eigenvalue weighted by molar-refractivity contribution is 1.40. The van der Waals surface area contributed by atoms with Crippen molar-refractivity contribution >= 4 is 26.8 Å². The summed E-state index contributed by atoms with van der Waals surface area (Å²) in [5, 5.41) is 1.12. The molecule has 11 heavy (non-hydrogen) atoms. The van der Waals surface area contributed by atoms with E-state index in [1.165, 1.54) is 0 Å². The van der Waals surface area contributed by atoms with Crippen LogP contribution in [0.15, 0.2) is 34.9 Å². The summed E-state index contributed by atoms with van der Waals surface area (Å²) in [5.74, 6) is 0. The van der Waals surface area contributed by atoms with Crippen LogP contribution in [0.2, 0.25) is 0 Å². The molecule has 0 fully saturated rings. The van der Waals surface area contributed by atoms with Gasteiger partial charge >= 0.3 is 0 Å². The van der Waals surface area contributed by atoms with Crippen molar-refractivity contribution in [3.63, 3.8) is 0 Å². The van der Waals surface area contributed by atoms with Crippen LogP contribution in [0.3, 0.4) is 0 Å². The van der Waals surface area contributed by atoms with Gasteiger partial charge in [0.25, 0.3) is 0 Å². The van der Waals surface area contributed by atoms with E-state index in [-0.39, 0.29) is 0 Å². The summed E-state index contributed by atoms with van der Waals surface area (Å²) >= 11 is 3.34. The highest BCUT2D eigenvalue weighted by atomic mass is 79.9. The number of hydrogen-bond donors (Lipinski definition) is 0. The largest absolute Gasteiger partial charge is 0.256 e. The third-order valence-corrected chi connectivity index (χ3v) is 1.95. The Morgan fingerprint density at radius 1 is 1.27 bits per heavy atom. The molecule has 0 atom stereocenters. The van der Waals surface area contributed by atoms with E-state index in [0.29, 0.717) is 0 Å². The van der Waals surface area contributed by atoms with Crippen molar-refractivity contribution in [2.45, 2.75) is 0 Å². The first-order valence-corrected chi connectivity index (χ1v) is 4.08. The molecule has 53 valence electrons. The number of halogens is 1. The maximum atomic E-state index is 4.16. The van der Waals surface area contributed by atoms with Gasteiger partial charge < -0.3 is 0 Å². The van der Waals surface area contributed by atoms with Crippen molar-refractivity contribution in [2.24, 2.45) is 0 Å². The molecule has 0 saturated heterocycles. The molecule has 2 aromatic rings. The van der Waals surface area contributed by atoms with Crippen molar-refractivity contribution in [3.05, 3.63) is 41.0 Å². The molecular formula is C9H5BrN. The third kappa shape index (κ3) is 1.26. The Balaban J connectivity index is 2.83. The van der Waals surface area contributed by atoms with Crippen LogP contribution in [-0.2, 0) is 0 Å². The van der Waals surface area contributed by atoms with Crippen LogP contribution in [0.1, 0.15) is 0 Å². The highest BCUT2D eigenvalue weighted by Crippen LogP contribution is 2.15. The second kappa shape index (κ2) is 2.62. The molecule has 0 N–H and O–H groups in total. The molecule has 0 aliphatic rings. The molecular weight excluding hydrogens is 202 g/mol. The molecule has 1 heterocycles. The van der Waals surface area contributed by atoms with E-state index in [2.05, 4.69) is 27.0 Å². The van der Waals surface area contributed by atoms with E-state index >= 15 is 0 Å². The number of nitrogens with zero attached hydrogens (tertiary/aromatic N) is 1. The molecule has 1 aromatic carbocycles. The van der Waals surface area contributed by atoms with Crippen molar-refractivity contribution in [1.82, 2.24) is 4.98 Å². The van der Waals surface area contributed by atoms with Crippen molar-refractivity contribution in [2.75, 3.05) is 0 Å². The first-order valence-electron chi connectivity index (χ1n) is 3.29. The highest BCUT2D eigenvalue weighted by molar-refractivity contribution is 9.10. The second-order valence-electron chi connectivity index (χ2n) is 2.25. The Bertz CT molecular complexity index is 384. The quantitative estimate of drug-likeness (QED) is 0.647. The van der Waals surface area contributed by atoms with E-state index in [1.54, 1.807) is 6.20 Å². The van der Waals surface area contributed by atoms with Gasteiger partial charge in [-0.15, -0.1) is 0 Å². The topological polar surface area (TPSA) is 12.9 Å². The molecule has 1 radical (unpaired) electrons. The van der Waals surface area contributed by atoms with Crippen LogP contribution in [-0.4, -0.2) is 4.98 Å². The zero-order valence-corrected chi connectivity index (χ0v) is 7.30. The number of hydrogen-bond acceptors (Lipinski definition) is 1. The average Bonchev–Trinajstić information content (AvgIpc) is 2.04. The van der Waals surface area contributed by atoms with Crippen LogP contribution in [0.4, 0.5) is 0 Å². The predicted octanol–water partition coefficient (Wildman–Crippen LogP) is 2.80. The zero-order valence-electron chi connectivity index (χ0n) is 5.71. The molecule has 0 aliphatic carbocycles. The fraction of sp³-hybridized carbons (Fsp3) is 0. The molecule has 0 bridgehead atoms. The first kappa shape index (κ1) is 6.80. The van der Waals surface area contributed by atoms with Gasteiger partial charge in [-0.2, -0.15) is 0 Å². The summed E-state index contributed by atoms with van der Waals surface area (Å²) in [6.07, 6.45) is 1.77. The Labute approximate surface area is 73.2 Å². The van der Waals surface area contributed by atoms with Crippen LogP contribution < -0.4 is 0 Å². The molecule has 0 saturated carbocycles. The molecule has 0 spiro atoms. The molecule has 2 rings (SSSR count). The Morgan fingerprint density at radius 2 is 2.18 bits per heavy atom. The van der Waals surface area contributed by atoms with Crippen molar-refractivity contribution in [1.29, 1.82) is 0 Å². The number of pyridine rings is 1. The summed E-state index contributed by atoms with van der Waals surface area (Å²) in [6.45, 7) is 0. The van der Waals surface area contributed by atoms with Crippen molar-refractivity contribution < 1.29 is 0 Å².